The number of hydrogen-bond acceptors (Lipinski definition) is 4. The third-order valence-electron chi connectivity index (χ3n) is 3.58. The molecule has 0 radical (unpaired) electrons. The first-order valence-electron chi connectivity index (χ1n) is 8.38. The molecule has 0 unspecified atom stereocenters. The molecular formula is C19H22BrCl2NO3. The molecule has 2 aromatic rings. The van der Waals surface area contributed by atoms with E-state index in [1.165, 1.54) is 0 Å². The molecule has 0 bridgehead atoms. The lowest BCUT2D eigenvalue weighted by Crippen LogP contribution is -2.16. The molecule has 4 nitrogen and oxygen atoms in total. The van der Waals surface area contributed by atoms with Crippen molar-refractivity contribution < 1.29 is 14.6 Å². The standard InChI is InChI=1S/C19H22BrCl2NO3/c1-2-25-18-10-14(11-23-6-3-7-24)8-15(20)19(18)26-12-13-4-5-16(21)17(22)9-13/h4-5,8-10,23-24H,2-3,6-7,11-12H2,1H3. The summed E-state index contributed by atoms with van der Waals surface area (Å²) < 4.78 is 12.5. The number of aliphatic hydroxyl groups is 1. The van der Waals surface area contributed by atoms with Gasteiger partial charge in [-0.1, -0.05) is 29.3 Å². The van der Waals surface area contributed by atoms with Gasteiger partial charge in [0.2, 0.25) is 0 Å². The number of rotatable bonds is 10. The van der Waals surface area contributed by atoms with E-state index in [4.69, 9.17) is 37.8 Å². The quantitative estimate of drug-likeness (QED) is 0.476. The van der Waals surface area contributed by atoms with Gasteiger partial charge in [-0.2, -0.15) is 0 Å². The summed E-state index contributed by atoms with van der Waals surface area (Å²) in [5.41, 5.74) is 1.99. The first kappa shape index (κ1) is 21.3. The summed E-state index contributed by atoms with van der Waals surface area (Å²) in [6.45, 7) is 4.45. The summed E-state index contributed by atoms with van der Waals surface area (Å²) in [6.07, 6.45) is 0.727. The number of ether oxygens (including phenoxy) is 2. The van der Waals surface area contributed by atoms with Crippen LogP contribution < -0.4 is 14.8 Å². The van der Waals surface area contributed by atoms with Gasteiger partial charge in [0, 0.05) is 13.2 Å². The molecule has 142 valence electrons. The molecule has 0 fully saturated rings. The van der Waals surface area contributed by atoms with Gasteiger partial charge in [-0.05, 0) is 71.2 Å². The van der Waals surface area contributed by atoms with Crippen molar-refractivity contribution in [2.75, 3.05) is 19.8 Å². The molecule has 26 heavy (non-hydrogen) atoms. The summed E-state index contributed by atoms with van der Waals surface area (Å²) >= 11 is 15.6. The Morgan fingerprint density at radius 3 is 2.58 bits per heavy atom. The minimum Gasteiger partial charge on any atom is -0.490 e. The van der Waals surface area contributed by atoms with Crippen LogP contribution in [-0.2, 0) is 13.2 Å². The highest BCUT2D eigenvalue weighted by molar-refractivity contribution is 9.10. The number of hydrogen-bond donors (Lipinski definition) is 2. The molecule has 2 aromatic carbocycles. The fourth-order valence-electron chi connectivity index (χ4n) is 2.35. The lowest BCUT2D eigenvalue weighted by molar-refractivity contribution is 0.267. The summed E-state index contributed by atoms with van der Waals surface area (Å²) in [6, 6.07) is 9.38. The van der Waals surface area contributed by atoms with E-state index in [2.05, 4.69) is 21.2 Å². The van der Waals surface area contributed by atoms with E-state index in [0.717, 1.165) is 28.6 Å². The Hall–Kier alpha value is -0.980. The molecule has 0 aromatic heterocycles. The van der Waals surface area contributed by atoms with Crippen molar-refractivity contribution >= 4 is 39.1 Å². The largest absolute Gasteiger partial charge is 0.490 e. The Labute approximate surface area is 172 Å². The van der Waals surface area contributed by atoms with Crippen molar-refractivity contribution in [2.45, 2.75) is 26.5 Å². The van der Waals surface area contributed by atoms with Crippen LogP contribution in [0.3, 0.4) is 0 Å². The van der Waals surface area contributed by atoms with E-state index < -0.39 is 0 Å². The molecule has 7 heteroatoms. The zero-order chi connectivity index (χ0) is 18.9. The molecule has 2 rings (SSSR count). The van der Waals surface area contributed by atoms with Crippen LogP contribution in [0.25, 0.3) is 0 Å². The zero-order valence-electron chi connectivity index (χ0n) is 14.5. The SMILES string of the molecule is CCOc1cc(CNCCCO)cc(Br)c1OCc1ccc(Cl)c(Cl)c1. The van der Waals surface area contributed by atoms with Gasteiger partial charge in [-0.3, -0.25) is 0 Å². The third kappa shape index (κ3) is 6.32. The van der Waals surface area contributed by atoms with Crippen LogP contribution in [0.2, 0.25) is 10.0 Å². The molecule has 0 atom stereocenters. The molecule has 0 aliphatic carbocycles. The fraction of sp³-hybridized carbons (Fsp3) is 0.368. The molecule has 0 amide bonds. The highest BCUT2D eigenvalue weighted by atomic mass is 79.9. The molecule has 0 aliphatic heterocycles. The summed E-state index contributed by atoms with van der Waals surface area (Å²) in [5.74, 6) is 1.33. The van der Waals surface area contributed by atoms with E-state index in [0.29, 0.717) is 41.3 Å². The van der Waals surface area contributed by atoms with Crippen molar-refractivity contribution in [1.82, 2.24) is 5.32 Å². The van der Waals surface area contributed by atoms with Gasteiger partial charge >= 0.3 is 0 Å². The van der Waals surface area contributed by atoms with Crippen LogP contribution in [0, 0.1) is 0 Å². The Kier molecular flexibility index (Phi) is 9.02. The molecule has 0 aliphatic rings. The smallest absolute Gasteiger partial charge is 0.175 e. The van der Waals surface area contributed by atoms with E-state index in [-0.39, 0.29) is 6.61 Å². The van der Waals surface area contributed by atoms with E-state index >= 15 is 0 Å². The van der Waals surface area contributed by atoms with Crippen LogP contribution in [0.4, 0.5) is 0 Å². The Morgan fingerprint density at radius 2 is 1.88 bits per heavy atom. The van der Waals surface area contributed by atoms with Gasteiger partial charge in [-0.15, -0.1) is 0 Å². The maximum Gasteiger partial charge on any atom is 0.175 e. The minimum absolute atomic E-state index is 0.183. The summed E-state index contributed by atoms with van der Waals surface area (Å²) in [4.78, 5) is 0. The maximum absolute atomic E-state index is 8.84. The van der Waals surface area contributed by atoms with E-state index in [1.54, 1.807) is 12.1 Å². The van der Waals surface area contributed by atoms with Gasteiger partial charge in [0.25, 0.3) is 0 Å². The average molecular weight is 463 g/mol. The Morgan fingerprint density at radius 1 is 1.08 bits per heavy atom. The van der Waals surface area contributed by atoms with Gasteiger partial charge in [0.05, 0.1) is 21.1 Å². The minimum atomic E-state index is 0.183. The monoisotopic (exact) mass is 461 g/mol. The number of nitrogens with one attached hydrogen (secondary N) is 1. The number of benzene rings is 2. The third-order valence-corrected chi connectivity index (χ3v) is 4.91. The average Bonchev–Trinajstić information content (AvgIpc) is 2.61. The van der Waals surface area contributed by atoms with Crippen LogP contribution in [0.15, 0.2) is 34.8 Å². The number of aliphatic hydroxyl groups excluding tert-OH is 1. The van der Waals surface area contributed by atoms with Crippen molar-refractivity contribution in [1.29, 1.82) is 0 Å². The second-order valence-corrected chi connectivity index (χ2v) is 7.30. The second-order valence-electron chi connectivity index (χ2n) is 5.63. The molecule has 0 saturated heterocycles. The fourth-order valence-corrected chi connectivity index (χ4v) is 3.27. The number of halogens is 3. The van der Waals surface area contributed by atoms with Gasteiger partial charge in [0.1, 0.15) is 6.61 Å². The second kappa shape index (κ2) is 11.0. The predicted octanol–water partition coefficient (Wildman–Crippen LogP) is 5.21. The van der Waals surface area contributed by atoms with Crippen molar-refractivity contribution in [3.8, 4) is 11.5 Å². The summed E-state index contributed by atoms with van der Waals surface area (Å²) in [5, 5.41) is 13.1. The first-order chi connectivity index (χ1) is 12.5. The highest BCUT2D eigenvalue weighted by Gasteiger charge is 2.13. The Bertz CT molecular complexity index is 728. The molecule has 0 heterocycles. The Balaban J connectivity index is 2.11. The van der Waals surface area contributed by atoms with Gasteiger partial charge in [-0.25, -0.2) is 0 Å². The van der Waals surface area contributed by atoms with Crippen molar-refractivity contribution in [2.24, 2.45) is 0 Å². The van der Waals surface area contributed by atoms with Crippen molar-refractivity contribution in [3.05, 3.63) is 56.0 Å². The predicted molar refractivity (Wildman–Crippen MR) is 110 cm³/mol. The van der Waals surface area contributed by atoms with Crippen LogP contribution >= 0.6 is 39.1 Å². The molecule has 0 saturated carbocycles. The lowest BCUT2D eigenvalue weighted by Gasteiger charge is -2.16. The van der Waals surface area contributed by atoms with Crippen LogP contribution in [0.5, 0.6) is 11.5 Å². The van der Waals surface area contributed by atoms with E-state index in [1.807, 2.05) is 25.1 Å². The van der Waals surface area contributed by atoms with Crippen LogP contribution in [-0.4, -0.2) is 24.9 Å². The lowest BCUT2D eigenvalue weighted by atomic mass is 10.2. The first-order valence-corrected chi connectivity index (χ1v) is 9.93. The highest BCUT2D eigenvalue weighted by Crippen LogP contribution is 2.37. The normalized spacial score (nSPS) is 10.8. The maximum atomic E-state index is 8.84. The molecule has 0 spiro atoms. The van der Waals surface area contributed by atoms with Gasteiger partial charge in [0.15, 0.2) is 11.5 Å². The summed E-state index contributed by atoms with van der Waals surface area (Å²) in [7, 11) is 0. The van der Waals surface area contributed by atoms with E-state index in [9.17, 15) is 0 Å². The van der Waals surface area contributed by atoms with Gasteiger partial charge < -0.3 is 19.9 Å². The molecular weight excluding hydrogens is 441 g/mol. The topological polar surface area (TPSA) is 50.7 Å². The van der Waals surface area contributed by atoms with Crippen LogP contribution in [0.1, 0.15) is 24.5 Å². The van der Waals surface area contributed by atoms with Crippen molar-refractivity contribution in [3.63, 3.8) is 0 Å². The zero-order valence-corrected chi connectivity index (χ0v) is 17.6. The molecule has 2 N–H and O–H groups in total.